The van der Waals surface area contributed by atoms with Crippen LogP contribution in [0.3, 0.4) is 0 Å². The maximum Gasteiger partial charge on any atom is 0.130 e. The second kappa shape index (κ2) is 9.94. The van der Waals surface area contributed by atoms with E-state index < -0.39 is 0 Å². The summed E-state index contributed by atoms with van der Waals surface area (Å²) in [6.07, 6.45) is 0.218. The first kappa shape index (κ1) is 22.6. The van der Waals surface area contributed by atoms with Crippen molar-refractivity contribution in [3.8, 4) is 17.2 Å². The molecule has 0 spiro atoms. The fourth-order valence-corrected chi connectivity index (χ4v) is 4.43. The number of hydrogen-bond donors (Lipinski definition) is 2. The van der Waals surface area contributed by atoms with Crippen molar-refractivity contribution in [3.05, 3.63) is 86.8 Å². The van der Waals surface area contributed by atoms with Crippen LogP contribution < -0.4 is 14.8 Å². The molecule has 1 aliphatic heterocycles. The van der Waals surface area contributed by atoms with E-state index in [2.05, 4.69) is 21.2 Å². The van der Waals surface area contributed by atoms with E-state index in [-0.39, 0.29) is 18.0 Å². The zero-order chi connectivity index (χ0) is 22.7. The summed E-state index contributed by atoms with van der Waals surface area (Å²) in [5.41, 5.74) is 3.55. The number of nitrogens with zero attached hydrogens (tertiary/aromatic N) is 1. The fraction of sp³-hybridized carbons (Fsp3) is 0.240. The Hall–Kier alpha value is -2.54. The zero-order valence-electron chi connectivity index (χ0n) is 17.8. The topological polar surface area (TPSA) is 63.1 Å². The van der Waals surface area contributed by atoms with Gasteiger partial charge in [0.1, 0.15) is 23.4 Å². The van der Waals surface area contributed by atoms with Crippen molar-refractivity contribution in [1.29, 1.82) is 0 Å². The average molecular weight is 516 g/mol. The summed E-state index contributed by atoms with van der Waals surface area (Å²) in [6.45, 7) is 2.58. The standard InChI is InChI=1S/C25H24BrClN2O3/c1-3-32-18-8-4-15(5-9-18)21-14-22(19-13-17(27)7-10-23(19)30)29-25(28-21)20-12-16(26)6-11-24(20)31-2/h4-13,22,25,29-30H,3,14H2,1-2H3/t22-,25+/m0/s1. The smallest absolute Gasteiger partial charge is 0.130 e. The Bertz CT molecular complexity index is 1130. The van der Waals surface area contributed by atoms with E-state index in [4.69, 9.17) is 26.1 Å². The summed E-state index contributed by atoms with van der Waals surface area (Å²) < 4.78 is 12.1. The summed E-state index contributed by atoms with van der Waals surface area (Å²) in [6, 6.07) is 18.7. The number of benzene rings is 3. The molecule has 0 radical (unpaired) electrons. The van der Waals surface area contributed by atoms with Crippen LogP contribution in [0, 0.1) is 0 Å². The van der Waals surface area contributed by atoms with Crippen LogP contribution in [-0.4, -0.2) is 24.5 Å². The van der Waals surface area contributed by atoms with E-state index in [1.807, 2.05) is 49.4 Å². The SMILES string of the molecule is CCOc1ccc(C2=N[C@@H](c3cc(Br)ccc3OC)N[C@H](c3cc(Cl)ccc3O)C2)cc1. The van der Waals surface area contributed by atoms with Crippen molar-refractivity contribution in [2.45, 2.75) is 25.6 Å². The number of nitrogens with one attached hydrogen (secondary N) is 1. The minimum atomic E-state index is -0.374. The Morgan fingerprint density at radius 1 is 1.09 bits per heavy atom. The monoisotopic (exact) mass is 514 g/mol. The molecular formula is C25H24BrClN2O3. The highest BCUT2D eigenvalue weighted by atomic mass is 79.9. The molecule has 2 atom stereocenters. The summed E-state index contributed by atoms with van der Waals surface area (Å²) in [7, 11) is 1.65. The Labute approximate surface area is 201 Å². The molecular weight excluding hydrogens is 492 g/mol. The lowest BCUT2D eigenvalue weighted by Crippen LogP contribution is -2.33. The maximum absolute atomic E-state index is 10.6. The van der Waals surface area contributed by atoms with Gasteiger partial charge in [-0.1, -0.05) is 27.5 Å². The molecule has 7 heteroatoms. The molecule has 0 aromatic heterocycles. The van der Waals surface area contributed by atoms with Crippen LogP contribution in [0.5, 0.6) is 17.2 Å². The lowest BCUT2D eigenvalue weighted by molar-refractivity contribution is 0.340. The quantitative estimate of drug-likeness (QED) is 0.397. The van der Waals surface area contributed by atoms with Crippen LogP contribution in [-0.2, 0) is 0 Å². The molecule has 0 aliphatic carbocycles. The summed E-state index contributed by atoms with van der Waals surface area (Å²) in [5.74, 6) is 1.75. The van der Waals surface area contributed by atoms with Crippen molar-refractivity contribution in [1.82, 2.24) is 5.32 Å². The van der Waals surface area contributed by atoms with Gasteiger partial charge in [0.05, 0.1) is 13.7 Å². The highest BCUT2D eigenvalue weighted by Gasteiger charge is 2.29. The highest BCUT2D eigenvalue weighted by molar-refractivity contribution is 9.10. The molecule has 0 fully saturated rings. The Morgan fingerprint density at radius 2 is 1.88 bits per heavy atom. The fourth-order valence-electron chi connectivity index (χ4n) is 3.87. The molecule has 0 amide bonds. The molecule has 2 N–H and O–H groups in total. The third kappa shape index (κ3) is 4.93. The molecule has 3 aromatic rings. The molecule has 3 aromatic carbocycles. The van der Waals surface area contributed by atoms with E-state index in [1.165, 1.54) is 0 Å². The molecule has 0 saturated heterocycles. The Balaban J connectivity index is 1.78. The van der Waals surface area contributed by atoms with Crippen LogP contribution in [0.2, 0.25) is 5.02 Å². The van der Waals surface area contributed by atoms with Gasteiger partial charge in [0.15, 0.2) is 0 Å². The normalized spacial score (nSPS) is 18.2. The second-order valence-electron chi connectivity index (χ2n) is 7.45. The van der Waals surface area contributed by atoms with Gasteiger partial charge < -0.3 is 14.6 Å². The van der Waals surface area contributed by atoms with Gasteiger partial charge in [-0.25, -0.2) is 0 Å². The van der Waals surface area contributed by atoms with Crippen LogP contribution in [0.4, 0.5) is 0 Å². The number of aliphatic imine (C=N–C) groups is 1. The van der Waals surface area contributed by atoms with Gasteiger partial charge in [-0.3, -0.25) is 10.3 Å². The van der Waals surface area contributed by atoms with Crippen LogP contribution >= 0.6 is 27.5 Å². The molecule has 0 bridgehead atoms. The molecule has 5 nitrogen and oxygen atoms in total. The number of ether oxygens (including phenoxy) is 2. The van der Waals surface area contributed by atoms with Crippen molar-refractivity contribution >= 4 is 33.2 Å². The van der Waals surface area contributed by atoms with E-state index in [9.17, 15) is 5.11 Å². The minimum Gasteiger partial charge on any atom is -0.508 e. The first-order valence-corrected chi connectivity index (χ1v) is 11.5. The number of hydrogen-bond acceptors (Lipinski definition) is 5. The molecule has 0 saturated carbocycles. The number of rotatable bonds is 6. The number of phenols is 1. The highest BCUT2D eigenvalue weighted by Crippen LogP contribution is 2.38. The molecule has 0 unspecified atom stereocenters. The predicted octanol–water partition coefficient (Wildman–Crippen LogP) is 6.44. The van der Waals surface area contributed by atoms with Gasteiger partial charge in [-0.2, -0.15) is 0 Å². The van der Waals surface area contributed by atoms with Crippen molar-refractivity contribution in [2.75, 3.05) is 13.7 Å². The number of phenolic OH excluding ortho intramolecular Hbond substituents is 1. The first-order chi connectivity index (χ1) is 15.5. The van der Waals surface area contributed by atoms with Gasteiger partial charge >= 0.3 is 0 Å². The molecule has 1 aliphatic rings. The molecule has 1 heterocycles. The van der Waals surface area contributed by atoms with Crippen LogP contribution in [0.1, 0.15) is 42.2 Å². The summed E-state index contributed by atoms with van der Waals surface area (Å²) in [4.78, 5) is 5.02. The van der Waals surface area contributed by atoms with Gasteiger partial charge in [0.2, 0.25) is 0 Å². The van der Waals surface area contributed by atoms with Crippen LogP contribution in [0.15, 0.2) is 70.1 Å². The summed E-state index contributed by atoms with van der Waals surface area (Å²) in [5, 5.41) is 14.7. The summed E-state index contributed by atoms with van der Waals surface area (Å²) >= 11 is 9.80. The van der Waals surface area contributed by atoms with E-state index >= 15 is 0 Å². The molecule has 166 valence electrons. The van der Waals surface area contributed by atoms with Gasteiger partial charge in [-0.05, 0) is 73.2 Å². The molecule has 32 heavy (non-hydrogen) atoms. The third-order valence-electron chi connectivity index (χ3n) is 5.39. The Morgan fingerprint density at radius 3 is 2.59 bits per heavy atom. The predicted molar refractivity (Wildman–Crippen MR) is 131 cm³/mol. The van der Waals surface area contributed by atoms with E-state index in [0.29, 0.717) is 18.1 Å². The van der Waals surface area contributed by atoms with Crippen molar-refractivity contribution in [3.63, 3.8) is 0 Å². The second-order valence-corrected chi connectivity index (χ2v) is 8.80. The number of halogens is 2. The average Bonchev–Trinajstić information content (AvgIpc) is 2.81. The number of aromatic hydroxyl groups is 1. The zero-order valence-corrected chi connectivity index (χ0v) is 20.2. The van der Waals surface area contributed by atoms with E-state index in [0.717, 1.165) is 38.4 Å². The third-order valence-corrected chi connectivity index (χ3v) is 6.12. The maximum atomic E-state index is 10.6. The lowest BCUT2D eigenvalue weighted by Gasteiger charge is -2.31. The molecule has 4 rings (SSSR count). The van der Waals surface area contributed by atoms with E-state index in [1.54, 1.807) is 25.3 Å². The van der Waals surface area contributed by atoms with Crippen molar-refractivity contribution < 1.29 is 14.6 Å². The largest absolute Gasteiger partial charge is 0.508 e. The minimum absolute atomic E-state index is 0.193. The van der Waals surface area contributed by atoms with Crippen LogP contribution in [0.25, 0.3) is 0 Å². The van der Waals surface area contributed by atoms with Gasteiger partial charge in [0, 0.05) is 38.8 Å². The number of methoxy groups -OCH3 is 1. The first-order valence-electron chi connectivity index (χ1n) is 10.4. The van der Waals surface area contributed by atoms with Gasteiger partial charge in [-0.15, -0.1) is 0 Å². The van der Waals surface area contributed by atoms with Gasteiger partial charge in [0.25, 0.3) is 0 Å². The Kier molecular flexibility index (Phi) is 7.04. The van der Waals surface area contributed by atoms with Crippen molar-refractivity contribution in [2.24, 2.45) is 4.99 Å². The lowest BCUT2D eigenvalue weighted by atomic mass is 9.93.